The molecule has 0 aliphatic rings. The minimum atomic E-state index is -3.08. The quantitative estimate of drug-likeness (QED) is 0.336. The molecular formula is C22H27N4O4P. The van der Waals surface area contributed by atoms with Gasteiger partial charge in [-0.15, -0.1) is 0 Å². The summed E-state index contributed by atoms with van der Waals surface area (Å²) in [7, 11) is -3.08. The Balaban J connectivity index is 0.000000438. The van der Waals surface area contributed by atoms with E-state index in [9.17, 15) is 9.36 Å². The van der Waals surface area contributed by atoms with E-state index in [-0.39, 0.29) is 6.16 Å². The summed E-state index contributed by atoms with van der Waals surface area (Å²) in [5.41, 5.74) is 3.16. The van der Waals surface area contributed by atoms with E-state index in [0.717, 1.165) is 23.4 Å². The lowest BCUT2D eigenvalue weighted by molar-refractivity contribution is 0.111. The first-order valence-electron chi connectivity index (χ1n) is 9.47. The number of nitrogens with zero attached hydrogens (tertiary/aromatic N) is 4. The fourth-order valence-electron chi connectivity index (χ4n) is 2.02. The van der Waals surface area contributed by atoms with Gasteiger partial charge in [-0.25, -0.2) is 0 Å². The number of aryl methyl sites for hydroxylation is 2. The van der Waals surface area contributed by atoms with Crippen LogP contribution in [-0.4, -0.2) is 35.6 Å². The van der Waals surface area contributed by atoms with Crippen molar-refractivity contribution in [3.05, 3.63) is 65.2 Å². The van der Waals surface area contributed by atoms with Gasteiger partial charge in [0.15, 0.2) is 6.29 Å². The molecule has 2 rings (SSSR count). The molecule has 0 saturated heterocycles. The summed E-state index contributed by atoms with van der Waals surface area (Å²) in [5.74, 6) is 0. The predicted octanol–water partition coefficient (Wildman–Crippen LogP) is 4.91. The van der Waals surface area contributed by atoms with Crippen LogP contribution in [0.1, 0.15) is 41.4 Å². The molecule has 0 bridgehead atoms. The molecule has 31 heavy (non-hydrogen) atoms. The number of carbonyl (C=O) groups excluding carboxylic acids is 1. The second-order valence-electron chi connectivity index (χ2n) is 5.75. The Morgan fingerprint density at radius 3 is 1.87 bits per heavy atom. The van der Waals surface area contributed by atoms with Gasteiger partial charge in [0.1, 0.15) is 11.9 Å². The van der Waals surface area contributed by atoms with Crippen LogP contribution < -0.4 is 0 Å². The fourth-order valence-corrected chi connectivity index (χ4v) is 3.24. The van der Waals surface area contributed by atoms with Gasteiger partial charge in [0.05, 0.1) is 31.0 Å². The largest absolute Gasteiger partial charge is 0.344 e. The Labute approximate surface area is 183 Å². The maximum atomic E-state index is 11.3. The highest BCUT2D eigenvalue weighted by Gasteiger charge is 2.22. The van der Waals surface area contributed by atoms with Crippen molar-refractivity contribution in [3.63, 3.8) is 0 Å². The summed E-state index contributed by atoms with van der Waals surface area (Å²) in [6.07, 6.45) is 3.68. The second-order valence-corrected chi connectivity index (χ2v) is 7.81. The van der Waals surface area contributed by atoms with Crippen molar-refractivity contribution >= 4 is 20.0 Å². The standard InChI is InChI=1S/C9H8N2.C7H7NO.C6H12NO3P/c1-8-4-2-5-9(11-8)6-3-7-10;1-6-3-2-4-7(5-9)8-6;1-3-9-11(8,6-5-7)10-4-2/h2-6H,1H3;2-5H,1H3;3-4,6H2,1-2H3/b6-3+;;. The van der Waals surface area contributed by atoms with Crippen LogP contribution in [0.2, 0.25) is 0 Å². The van der Waals surface area contributed by atoms with Gasteiger partial charge in [0, 0.05) is 17.5 Å². The number of hydrogen-bond donors (Lipinski definition) is 0. The first-order chi connectivity index (χ1) is 14.8. The van der Waals surface area contributed by atoms with E-state index in [4.69, 9.17) is 19.6 Å². The summed E-state index contributed by atoms with van der Waals surface area (Å²) >= 11 is 0. The zero-order valence-corrected chi connectivity index (χ0v) is 19.1. The number of carbonyl (C=O) groups is 1. The molecule has 0 aliphatic carbocycles. The average molecular weight is 442 g/mol. The molecule has 0 fully saturated rings. The van der Waals surface area contributed by atoms with E-state index in [0.29, 0.717) is 18.9 Å². The van der Waals surface area contributed by atoms with Crippen LogP contribution in [0.5, 0.6) is 0 Å². The summed E-state index contributed by atoms with van der Waals surface area (Å²) < 4.78 is 21.0. The molecule has 0 atom stereocenters. The van der Waals surface area contributed by atoms with E-state index in [1.807, 2.05) is 50.2 Å². The lowest BCUT2D eigenvalue weighted by Crippen LogP contribution is -1.98. The van der Waals surface area contributed by atoms with E-state index < -0.39 is 7.60 Å². The summed E-state index contributed by atoms with van der Waals surface area (Å²) in [5, 5.41) is 16.5. The van der Waals surface area contributed by atoms with Crippen LogP contribution in [0.15, 0.2) is 42.5 Å². The smallest absolute Gasteiger partial charge is 0.308 e. The molecule has 0 amide bonds. The number of nitriles is 2. The molecule has 0 N–H and O–H groups in total. The van der Waals surface area contributed by atoms with Crippen LogP contribution in [0, 0.1) is 36.5 Å². The van der Waals surface area contributed by atoms with Crippen LogP contribution in [0.4, 0.5) is 0 Å². The van der Waals surface area contributed by atoms with E-state index in [2.05, 4.69) is 9.97 Å². The molecule has 0 aliphatic heterocycles. The number of hydrogen-bond acceptors (Lipinski definition) is 8. The van der Waals surface area contributed by atoms with E-state index in [1.54, 1.807) is 32.1 Å². The summed E-state index contributed by atoms with van der Waals surface area (Å²) in [6.45, 7) is 7.81. The zero-order chi connectivity index (χ0) is 23.5. The molecule has 0 aromatic carbocycles. The highest BCUT2D eigenvalue weighted by molar-refractivity contribution is 7.54. The molecule has 0 unspecified atom stereocenters. The van der Waals surface area contributed by atoms with Crippen LogP contribution >= 0.6 is 7.60 Å². The summed E-state index contributed by atoms with van der Waals surface area (Å²) in [4.78, 5) is 18.2. The van der Waals surface area contributed by atoms with Crippen LogP contribution in [-0.2, 0) is 13.6 Å². The third-order valence-corrected chi connectivity index (χ3v) is 5.02. The van der Waals surface area contributed by atoms with Gasteiger partial charge < -0.3 is 9.05 Å². The topological polar surface area (TPSA) is 126 Å². The molecule has 2 heterocycles. The number of pyridine rings is 2. The Hall–Kier alpha value is -3.16. The number of aldehydes is 1. The third kappa shape index (κ3) is 13.6. The SMILES string of the molecule is CCOP(=O)(CC#N)OCC.Cc1cccc(/C=C/C#N)n1.Cc1cccc(C=O)n1. The van der Waals surface area contributed by atoms with Crippen molar-refractivity contribution in [2.24, 2.45) is 0 Å². The molecule has 2 aromatic heterocycles. The van der Waals surface area contributed by atoms with Crippen molar-refractivity contribution in [2.75, 3.05) is 19.4 Å². The van der Waals surface area contributed by atoms with Crippen molar-refractivity contribution < 1.29 is 18.4 Å². The lowest BCUT2D eigenvalue weighted by Gasteiger charge is -2.12. The van der Waals surface area contributed by atoms with Gasteiger partial charge in [-0.2, -0.15) is 10.5 Å². The highest BCUT2D eigenvalue weighted by Crippen LogP contribution is 2.47. The monoisotopic (exact) mass is 442 g/mol. The third-order valence-electron chi connectivity index (χ3n) is 3.19. The maximum absolute atomic E-state index is 11.3. The van der Waals surface area contributed by atoms with Crippen molar-refractivity contribution in [1.82, 2.24) is 9.97 Å². The van der Waals surface area contributed by atoms with E-state index >= 15 is 0 Å². The number of aromatic nitrogens is 2. The molecule has 8 nitrogen and oxygen atoms in total. The first-order valence-corrected chi connectivity index (χ1v) is 11.2. The van der Waals surface area contributed by atoms with Gasteiger partial charge in [0.2, 0.25) is 0 Å². The lowest BCUT2D eigenvalue weighted by atomic mass is 10.3. The normalized spacial score (nSPS) is 10.0. The van der Waals surface area contributed by atoms with Crippen LogP contribution in [0.25, 0.3) is 6.08 Å². The molecule has 0 saturated carbocycles. The molecule has 0 spiro atoms. The Morgan fingerprint density at radius 1 is 0.968 bits per heavy atom. The van der Waals surface area contributed by atoms with Crippen LogP contribution in [0.3, 0.4) is 0 Å². The maximum Gasteiger partial charge on any atom is 0.344 e. The fraction of sp³-hybridized carbons (Fsp3) is 0.318. The highest BCUT2D eigenvalue weighted by atomic mass is 31.2. The predicted molar refractivity (Wildman–Crippen MR) is 119 cm³/mol. The minimum Gasteiger partial charge on any atom is -0.308 e. The second kappa shape index (κ2) is 16.6. The number of allylic oxidation sites excluding steroid dienone is 1. The molecule has 9 heteroatoms. The van der Waals surface area contributed by atoms with Gasteiger partial charge >= 0.3 is 7.60 Å². The Bertz CT molecular complexity index is 954. The molecular weight excluding hydrogens is 415 g/mol. The van der Waals surface area contributed by atoms with Crippen molar-refractivity contribution in [3.8, 4) is 12.1 Å². The zero-order valence-electron chi connectivity index (χ0n) is 18.2. The van der Waals surface area contributed by atoms with Gasteiger partial charge in [-0.05, 0) is 58.0 Å². The van der Waals surface area contributed by atoms with Crippen molar-refractivity contribution in [1.29, 1.82) is 10.5 Å². The van der Waals surface area contributed by atoms with Gasteiger partial charge in [-0.1, -0.05) is 12.1 Å². The average Bonchev–Trinajstić information content (AvgIpc) is 2.74. The minimum absolute atomic E-state index is 0.172. The van der Waals surface area contributed by atoms with E-state index in [1.165, 1.54) is 6.08 Å². The summed E-state index contributed by atoms with van der Waals surface area (Å²) in [6, 6.07) is 14.7. The van der Waals surface area contributed by atoms with Crippen molar-refractivity contribution in [2.45, 2.75) is 27.7 Å². The molecule has 164 valence electrons. The Morgan fingerprint density at radius 2 is 1.48 bits per heavy atom. The van der Waals surface area contributed by atoms with Gasteiger partial charge in [0.25, 0.3) is 0 Å². The molecule has 0 radical (unpaired) electrons. The molecule has 2 aromatic rings. The first kappa shape index (κ1) is 27.8. The number of rotatable bonds is 7. The van der Waals surface area contributed by atoms with Gasteiger partial charge in [-0.3, -0.25) is 19.3 Å². The Kier molecular flexibility index (Phi) is 14.9.